The summed E-state index contributed by atoms with van der Waals surface area (Å²) in [5.41, 5.74) is 4.27. The van der Waals surface area contributed by atoms with Crippen LogP contribution in [0.3, 0.4) is 0 Å². The molecule has 6 nitrogen and oxygen atoms in total. The lowest BCUT2D eigenvalue weighted by atomic mass is 9.78. The molecule has 0 spiro atoms. The summed E-state index contributed by atoms with van der Waals surface area (Å²) >= 11 is 0. The molecule has 2 atom stereocenters. The Labute approximate surface area is 235 Å². The van der Waals surface area contributed by atoms with Crippen LogP contribution in [0.25, 0.3) is 0 Å². The molecule has 0 saturated carbocycles. The van der Waals surface area contributed by atoms with Crippen molar-refractivity contribution in [2.75, 3.05) is 12.0 Å². The highest BCUT2D eigenvalue weighted by Crippen LogP contribution is 2.43. The summed E-state index contributed by atoms with van der Waals surface area (Å²) < 4.78 is 29.1. The minimum absolute atomic E-state index is 0.220. The van der Waals surface area contributed by atoms with Crippen molar-refractivity contribution in [3.05, 3.63) is 64.7 Å². The molecule has 39 heavy (non-hydrogen) atoms. The molecule has 1 aliphatic carbocycles. The van der Waals surface area contributed by atoms with Crippen molar-refractivity contribution in [1.82, 2.24) is 5.32 Å². The molecular formula is C32H44N2O4S. The van der Waals surface area contributed by atoms with E-state index in [-0.39, 0.29) is 11.6 Å². The number of carbonyl (C=O) groups excluding carboxylic acids is 1. The number of nitrogens with zero attached hydrogens (tertiary/aromatic N) is 1. The Bertz CT molecular complexity index is 1270. The van der Waals surface area contributed by atoms with Crippen molar-refractivity contribution in [3.8, 4) is 11.8 Å². The van der Waals surface area contributed by atoms with E-state index >= 15 is 0 Å². The summed E-state index contributed by atoms with van der Waals surface area (Å²) in [6.45, 7) is 8.86. The molecule has 1 heterocycles. The number of hydrogen-bond donors (Lipinski definition) is 1. The lowest BCUT2D eigenvalue weighted by molar-refractivity contribution is -0.120. The maximum atomic E-state index is 12.1. The molecule has 212 valence electrons. The zero-order valence-corrected chi connectivity index (χ0v) is 24.9. The molecule has 2 aromatic carbocycles. The summed E-state index contributed by atoms with van der Waals surface area (Å²) in [5.74, 6) is 1.44. The van der Waals surface area contributed by atoms with Gasteiger partial charge >= 0.3 is 0 Å². The van der Waals surface area contributed by atoms with Gasteiger partial charge in [0.05, 0.1) is 17.7 Å². The molecule has 1 aliphatic heterocycles. The van der Waals surface area contributed by atoms with Gasteiger partial charge in [0.2, 0.25) is 5.91 Å². The SMILES string of the molecule is CC(C)C1CCc2cc(C#N)ccc2C1.CCCC1(CCC)C[C@H](NC(=O)CS(C)(=O)=O)c2ccccc2O1. The lowest BCUT2D eigenvalue weighted by Crippen LogP contribution is -2.46. The van der Waals surface area contributed by atoms with Gasteiger partial charge in [-0.05, 0) is 73.3 Å². The van der Waals surface area contributed by atoms with E-state index in [1.54, 1.807) is 0 Å². The van der Waals surface area contributed by atoms with E-state index in [9.17, 15) is 13.2 Å². The van der Waals surface area contributed by atoms with E-state index in [4.69, 9.17) is 10.00 Å². The molecule has 0 bridgehead atoms. The van der Waals surface area contributed by atoms with Crippen molar-refractivity contribution in [3.63, 3.8) is 0 Å². The number of aryl methyl sites for hydroxylation is 1. The van der Waals surface area contributed by atoms with Gasteiger partial charge in [-0.2, -0.15) is 5.26 Å². The molecule has 2 aliphatic rings. The number of nitrogens with one attached hydrogen (secondary N) is 1. The van der Waals surface area contributed by atoms with Crippen molar-refractivity contribution < 1.29 is 17.9 Å². The van der Waals surface area contributed by atoms with Crippen LogP contribution in [0, 0.1) is 23.2 Å². The smallest absolute Gasteiger partial charge is 0.235 e. The molecule has 0 fully saturated rings. The number of ether oxygens (including phenoxy) is 1. The minimum Gasteiger partial charge on any atom is -0.487 e. The molecule has 4 rings (SSSR count). The predicted octanol–water partition coefficient (Wildman–Crippen LogP) is 6.33. The second kappa shape index (κ2) is 13.5. The number of sulfone groups is 1. The first-order chi connectivity index (χ1) is 18.5. The average Bonchev–Trinajstić information content (AvgIpc) is 2.87. The van der Waals surface area contributed by atoms with Crippen molar-refractivity contribution in [1.29, 1.82) is 5.26 Å². The van der Waals surface area contributed by atoms with Crippen LogP contribution in [0.15, 0.2) is 42.5 Å². The predicted molar refractivity (Wildman–Crippen MR) is 156 cm³/mol. The molecule has 0 saturated heterocycles. The zero-order valence-electron chi connectivity index (χ0n) is 24.1. The first-order valence-electron chi connectivity index (χ1n) is 14.3. The first-order valence-corrected chi connectivity index (χ1v) is 16.3. The fraction of sp³-hybridized carbons (Fsp3) is 0.562. The molecule has 0 aromatic heterocycles. The Morgan fingerprint density at radius 1 is 1.13 bits per heavy atom. The minimum atomic E-state index is -3.34. The van der Waals surface area contributed by atoms with Gasteiger partial charge in [-0.1, -0.05) is 64.8 Å². The number of rotatable bonds is 8. The number of hydrogen-bond acceptors (Lipinski definition) is 5. The Morgan fingerprint density at radius 3 is 2.44 bits per heavy atom. The van der Waals surface area contributed by atoms with Crippen LogP contribution in [0.1, 0.15) is 94.5 Å². The van der Waals surface area contributed by atoms with E-state index in [1.165, 1.54) is 24.0 Å². The fourth-order valence-corrected chi connectivity index (χ4v) is 6.54. The molecular weight excluding hydrogens is 508 g/mol. The van der Waals surface area contributed by atoms with Gasteiger partial charge in [0.1, 0.15) is 17.1 Å². The van der Waals surface area contributed by atoms with Crippen LogP contribution in [0.2, 0.25) is 0 Å². The van der Waals surface area contributed by atoms with Crippen molar-refractivity contribution in [2.24, 2.45) is 11.8 Å². The Balaban J connectivity index is 0.000000239. The molecule has 7 heteroatoms. The number of amides is 1. The zero-order chi connectivity index (χ0) is 28.6. The molecule has 1 amide bonds. The average molecular weight is 553 g/mol. The van der Waals surface area contributed by atoms with Gasteiger partial charge in [-0.15, -0.1) is 0 Å². The van der Waals surface area contributed by atoms with Gasteiger partial charge in [0, 0.05) is 18.2 Å². The Kier molecular flexibility index (Phi) is 10.6. The maximum Gasteiger partial charge on any atom is 0.235 e. The second-order valence-corrected chi connectivity index (χ2v) is 13.7. The van der Waals surface area contributed by atoms with Gasteiger partial charge in [0.25, 0.3) is 0 Å². The third-order valence-corrected chi connectivity index (χ3v) is 8.67. The summed E-state index contributed by atoms with van der Waals surface area (Å²) in [6, 6.07) is 15.8. The third kappa shape index (κ3) is 8.57. The quantitative estimate of drug-likeness (QED) is 0.413. The topological polar surface area (TPSA) is 96.3 Å². The fourth-order valence-electron chi connectivity index (χ4n) is 5.99. The highest BCUT2D eigenvalue weighted by Gasteiger charge is 2.40. The summed E-state index contributed by atoms with van der Waals surface area (Å²) in [4.78, 5) is 12.1. The van der Waals surface area contributed by atoms with Crippen LogP contribution in [0.5, 0.6) is 5.75 Å². The van der Waals surface area contributed by atoms with Crippen LogP contribution >= 0.6 is 0 Å². The highest BCUT2D eigenvalue weighted by molar-refractivity contribution is 7.91. The van der Waals surface area contributed by atoms with E-state index in [0.717, 1.165) is 67.1 Å². The van der Waals surface area contributed by atoms with Crippen LogP contribution in [0.4, 0.5) is 0 Å². The summed E-state index contributed by atoms with van der Waals surface area (Å²) in [5, 5.41) is 11.7. The van der Waals surface area contributed by atoms with E-state index in [1.807, 2.05) is 30.3 Å². The Morgan fingerprint density at radius 2 is 1.82 bits per heavy atom. The number of para-hydroxylation sites is 1. The highest BCUT2D eigenvalue weighted by atomic mass is 32.2. The third-order valence-electron chi connectivity index (χ3n) is 7.88. The largest absolute Gasteiger partial charge is 0.487 e. The van der Waals surface area contributed by atoms with Crippen molar-refractivity contribution in [2.45, 2.75) is 90.7 Å². The van der Waals surface area contributed by atoms with Gasteiger partial charge in [-0.25, -0.2) is 8.42 Å². The lowest BCUT2D eigenvalue weighted by Gasteiger charge is -2.42. The molecule has 0 radical (unpaired) electrons. The van der Waals surface area contributed by atoms with Gasteiger partial charge in [-0.3, -0.25) is 4.79 Å². The number of benzene rings is 2. The van der Waals surface area contributed by atoms with Crippen LogP contribution in [-0.4, -0.2) is 31.9 Å². The summed E-state index contributed by atoms with van der Waals surface area (Å²) in [7, 11) is -3.34. The Hall–Kier alpha value is -2.85. The molecule has 1 unspecified atom stereocenters. The number of carbonyl (C=O) groups is 1. The summed E-state index contributed by atoms with van der Waals surface area (Å²) in [6.07, 6.45) is 9.16. The maximum absolute atomic E-state index is 12.1. The van der Waals surface area contributed by atoms with Gasteiger partial charge in [0.15, 0.2) is 9.84 Å². The van der Waals surface area contributed by atoms with E-state index in [0.29, 0.717) is 6.42 Å². The van der Waals surface area contributed by atoms with Gasteiger partial charge < -0.3 is 10.1 Å². The second-order valence-electron chi connectivity index (χ2n) is 11.6. The van der Waals surface area contributed by atoms with Crippen LogP contribution in [-0.2, 0) is 27.5 Å². The van der Waals surface area contributed by atoms with E-state index < -0.39 is 21.5 Å². The van der Waals surface area contributed by atoms with E-state index in [2.05, 4.69) is 51.2 Å². The molecule has 1 N–H and O–H groups in total. The first kappa shape index (κ1) is 30.7. The van der Waals surface area contributed by atoms with Crippen molar-refractivity contribution >= 4 is 15.7 Å². The number of nitriles is 1. The van der Waals surface area contributed by atoms with Crippen LogP contribution < -0.4 is 10.1 Å². The molecule has 2 aromatic rings. The monoisotopic (exact) mass is 552 g/mol. The standard InChI is InChI=1S/C18H27NO4S.C14H17N/c1-4-10-18(11-5-2)12-15(19-17(20)13-24(3,21)22)14-8-6-7-9-16(14)23-18;1-10(2)12-5-6-13-7-11(9-15)3-4-14(13)8-12/h6-9,15H,4-5,10-13H2,1-3H3,(H,19,20);3-4,7,10,12H,5-6,8H2,1-2H3/t15-;/m0./s1. The number of fused-ring (bicyclic) bond motifs is 2. The normalized spacial score (nSPS) is 19.4.